The van der Waals surface area contributed by atoms with Gasteiger partial charge in [0.1, 0.15) is 19.4 Å². The molecule has 1 fully saturated rings. The Balaban J connectivity index is 2.08. The molecule has 1 aliphatic rings. The molecule has 0 spiro atoms. The van der Waals surface area contributed by atoms with E-state index in [2.05, 4.69) is 34.6 Å². The third kappa shape index (κ3) is 1.79. The highest BCUT2D eigenvalue weighted by Gasteiger charge is 2.10. The number of nitrogens with zero attached hydrogens (tertiary/aromatic N) is 1. The first kappa shape index (κ1) is 8.07. The summed E-state index contributed by atoms with van der Waals surface area (Å²) in [5.41, 5.74) is 1.51. The molecule has 1 saturated heterocycles. The molecule has 1 aliphatic heterocycles. The van der Waals surface area contributed by atoms with Gasteiger partial charge in [-0.2, -0.15) is 0 Å². The van der Waals surface area contributed by atoms with Gasteiger partial charge in [-0.15, -0.1) is 0 Å². The van der Waals surface area contributed by atoms with E-state index in [0.717, 1.165) is 0 Å². The third-order valence-electron chi connectivity index (χ3n) is 2.48. The summed E-state index contributed by atoms with van der Waals surface area (Å²) in [4.78, 5) is 0. The molecule has 12 heavy (non-hydrogen) atoms. The van der Waals surface area contributed by atoms with Crippen LogP contribution in [-0.4, -0.2) is 19.4 Å². The van der Waals surface area contributed by atoms with Gasteiger partial charge >= 0.3 is 0 Å². The van der Waals surface area contributed by atoms with Crippen LogP contribution in [0.4, 0.5) is 5.69 Å². The summed E-state index contributed by atoms with van der Waals surface area (Å²) >= 11 is 0. The third-order valence-corrected chi connectivity index (χ3v) is 7.82. The fourth-order valence-corrected chi connectivity index (χ4v) is 7.59. The van der Waals surface area contributed by atoms with Crippen LogP contribution in [0.25, 0.3) is 0 Å². The van der Waals surface area contributed by atoms with Crippen molar-refractivity contribution < 1.29 is 0 Å². The number of rotatable bonds is 1. The second-order valence-electron chi connectivity index (χ2n) is 3.38. The molecule has 1 heterocycles. The summed E-state index contributed by atoms with van der Waals surface area (Å²) in [6, 6.07) is 14.0. The van der Waals surface area contributed by atoms with E-state index in [-0.39, 0.29) is 19.4 Å². The normalized spacial score (nSPS) is 21.8. The van der Waals surface area contributed by atoms with Crippen LogP contribution < -0.4 is 4.23 Å². The molecule has 0 N–H and O–H groups in total. The maximum atomic E-state index is 2.75. The van der Waals surface area contributed by atoms with Crippen molar-refractivity contribution in [1.29, 1.82) is 0 Å². The molecule has 2 rings (SSSR count). The van der Waals surface area contributed by atoms with Gasteiger partial charge in [0.25, 0.3) is 0 Å². The van der Waals surface area contributed by atoms with Crippen molar-refractivity contribution in [3.05, 3.63) is 30.3 Å². The predicted molar refractivity (Wildman–Crippen MR) is 60.2 cm³/mol. The number of hydrogen-bond acceptors (Lipinski definition) is 1. The summed E-state index contributed by atoms with van der Waals surface area (Å²) < 4.78 is 2.75. The van der Waals surface area contributed by atoms with Crippen LogP contribution in [0.5, 0.6) is 0 Å². The Kier molecular flexibility index (Phi) is 2.63. The van der Waals surface area contributed by atoms with Crippen LogP contribution in [-0.2, 0) is 0 Å². The highest BCUT2D eigenvalue weighted by Crippen LogP contribution is 2.16. The van der Waals surface area contributed by atoms with Crippen molar-refractivity contribution in [2.75, 3.05) is 4.23 Å². The van der Waals surface area contributed by atoms with E-state index >= 15 is 0 Å². The number of benzene rings is 1. The summed E-state index contributed by atoms with van der Waals surface area (Å²) in [7, 11) is 0.239. The van der Waals surface area contributed by atoms with Crippen molar-refractivity contribution >= 4 is 25.0 Å². The van der Waals surface area contributed by atoms with Crippen LogP contribution in [0, 0.1) is 0 Å². The van der Waals surface area contributed by atoms with Crippen LogP contribution in [0.2, 0.25) is 12.1 Å². The van der Waals surface area contributed by atoms with Crippen LogP contribution in [0.1, 0.15) is 6.42 Å². The van der Waals surface area contributed by atoms with Gasteiger partial charge in [-0.3, -0.25) is 0 Å². The topological polar surface area (TPSA) is 3.24 Å². The minimum Gasteiger partial charge on any atom is -0.434 e. The average molecular weight is 193 g/mol. The average Bonchev–Trinajstić information content (AvgIpc) is 2.21. The van der Waals surface area contributed by atoms with E-state index in [1.807, 2.05) is 0 Å². The smallest absolute Gasteiger partial charge is 0.114 e. The minimum absolute atomic E-state index is 0.119. The lowest BCUT2D eigenvalue weighted by Gasteiger charge is -2.28. The van der Waals surface area contributed by atoms with Crippen LogP contribution in [0.15, 0.2) is 30.3 Å². The summed E-state index contributed by atoms with van der Waals surface area (Å²) in [6.45, 7) is 0. The lowest BCUT2D eigenvalue weighted by atomic mass is 10.3. The number of para-hydroxylation sites is 1. The zero-order valence-electron chi connectivity index (χ0n) is 7.37. The quantitative estimate of drug-likeness (QED) is 0.599. The molecule has 0 unspecified atom stereocenters. The number of hydrogen-bond donors (Lipinski definition) is 0. The SMILES string of the molecule is c1ccc(N2[SiH2]CCC[SiH2]2)cc1. The molecule has 0 radical (unpaired) electrons. The van der Waals surface area contributed by atoms with Crippen molar-refractivity contribution in [3.8, 4) is 0 Å². The number of anilines is 1. The molecule has 0 aliphatic carbocycles. The largest absolute Gasteiger partial charge is 0.434 e. The zero-order chi connectivity index (χ0) is 8.23. The van der Waals surface area contributed by atoms with E-state index in [4.69, 9.17) is 0 Å². The van der Waals surface area contributed by atoms with Gasteiger partial charge in [0.05, 0.1) is 0 Å². The minimum atomic E-state index is 0.119. The van der Waals surface area contributed by atoms with E-state index in [9.17, 15) is 0 Å². The first-order chi connectivity index (χ1) is 5.97. The Labute approximate surface area is 78.6 Å². The molecule has 1 aromatic rings. The maximum Gasteiger partial charge on any atom is 0.114 e. The van der Waals surface area contributed by atoms with Gasteiger partial charge in [-0.1, -0.05) is 24.6 Å². The second-order valence-corrected chi connectivity index (χ2v) is 8.11. The Morgan fingerprint density at radius 3 is 2.33 bits per heavy atom. The van der Waals surface area contributed by atoms with Crippen molar-refractivity contribution in [3.63, 3.8) is 0 Å². The summed E-state index contributed by atoms with van der Waals surface area (Å²) in [6.07, 6.45) is 1.53. The molecular formula is C9H15NSi2. The Bertz CT molecular complexity index is 232. The van der Waals surface area contributed by atoms with Gasteiger partial charge in [0.15, 0.2) is 0 Å². The van der Waals surface area contributed by atoms with Crippen LogP contribution in [0.3, 0.4) is 0 Å². The van der Waals surface area contributed by atoms with Crippen molar-refractivity contribution in [2.24, 2.45) is 0 Å². The van der Waals surface area contributed by atoms with Crippen molar-refractivity contribution in [2.45, 2.75) is 18.5 Å². The van der Waals surface area contributed by atoms with E-state index < -0.39 is 0 Å². The Morgan fingerprint density at radius 2 is 1.67 bits per heavy atom. The molecule has 0 bridgehead atoms. The summed E-state index contributed by atoms with van der Waals surface area (Å²) in [5.74, 6) is 0. The van der Waals surface area contributed by atoms with Crippen molar-refractivity contribution in [1.82, 2.24) is 0 Å². The van der Waals surface area contributed by atoms with Gasteiger partial charge < -0.3 is 4.23 Å². The lowest BCUT2D eigenvalue weighted by molar-refractivity contribution is 1.03. The molecule has 0 amide bonds. The summed E-state index contributed by atoms with van der Waals surface area (Å²) in [5, 5.41) is 0. The predicted octanol–water partition coefficient (Wildman–Crippen LogP) is 0.901. The standard InChI is InChI=1S/C9H15NSi2/c1-2-5-9(6-3-1)10-11-7-4-8-12-10/h1-3,5-6H,4,7-8,11-12H2. The molecule has 0 atom stereocenters. The first-order valence-electron chi connectivity index (χ1n) is 4.77. The Morgan fingerprint density at radius 1 is 1.00 bits per heavy atom. The van der Waals surface area contributed by atoms with Gasteiger partial charge in [-0.25, -0.2) is 0 Å². The molecule has 1 nitrogen and oxygen atoms in total. The maximum absolute atomic E-state index is 2.75. The monoisotopic (exact) mass is 193 g/mol. The van der Waals surface area contributed by atoms with Crippen LogP contribution >= 0.6 is 0 Å². The fraction of sp³-hybridized carbons (Fsp3) is 0.333. The molecule has 0 saturated carbocycles. The highest BCUT2D eigenvalue weighted by atomic mass is 28.3. The lowest BCUT2D eigenvalue weighted by Crippen LogP contribution is -2.34. The fourth-order valence-electron chi connectivity index (χ4n) is 1.79. The first-order valence-corrected chi connectivity index (χ1v) is 8.03. The van der Waals surface area contributed by atoms with E-state index in [1.54, 1.807) is 0 Å². The van der Waals surface area contributed by atoms with Gasteiger partial charge in [0.2, 0.25) is 0 Å². The zero-order valence-corrected chi connectivity index (χ0v) is 10.2. The van der Waals surface area contributed by atoms with Gasteiger partial charge in [0, 0.05) is 5.69 Å². The van der Waals surface area contributed by atoms with E-state index in [0.29, 0.717) is 0 Å². The van der Waals surface area contributed by atoms with E-state index in [1.165, 1.54) is 24.2 Å². The molecular weight excluding hydrogens is 178 g/mol. The molecule has 3 heteroatoms. The Hall–Kier alpha value is -0.546. The molecule has 0 aromatic heterocycles. The second kappa shape index (κ2) is 3.91. The highest BCUT2D eigenvalue weighted by molar-refractivity contribution is 6.64. The van der Waals surface area contributed by atoms with Gasteiger partial charge in [-0.05, 0) is 24.2 Å². The molecule has 64 valence electrons. The molecule has 1 aromatic carbocycles.